The van der Waals surface area contributed by atoms with Gasteiger partial charge in [-0.15, -0.1) is 0 Å². The topological polar surface area (TPSA) is 177 Å². The molecule has 0 bridgehead atoms. The molecule has 9 aromatic rings. The Morgan fingerprint density at radius 2 is 0.824 bits per heavy atom. The smallest absolute Gasteiger partial charge is 0 e. The number of aromatic nitrogens is 5. The third kappa shape index (κ3) is 22.0. The van der Waals surface area contributed by atoms with Crippen molar-refractivity contribution in [1.82, 2.24) is 44.5 Å². The summed E-state index contributed by atoms with van der Waals surface area (Å²) in [5.74, 6) is 0. The Morgan fingerprint density at radius 1 is 0.490 bits per heavy atom. The first-order chi connectivity index (χ1) is 46.1. The summed E-state index contributed by atoms with van der Waals surface area (Å²) in [6.45, 7) is 20.6. The molecule has 7 N–H and O–H groups in total. The van der Waals surface area contributed by atoms with E-state index in [-0.39, 0.29) is 82.6 Å². The molecule has 14 nitrogen and oxygen atoms in total. The van der Waals surface area contributed by atoms with Gasteiger partial charge >= 0.3 is 72.0 Å². The molecule has 25 heteroatoms. The number of aromatic amines is 1. The van der Waals surface area contributed by atoms with Crippen LogP contribution in [0.25, 0.3) is 44.1 Å². The Kier molecular flexibility index (Phi) is 37.8. The summed E-state index contributed by atoms with van der Waals surface area (Å²) in [7, 11) is 8.33. The monoisotopic (exact) mass is 2000 g/mol. The second-order valence-electron chi connectivity index (χ2n) is 26.8. The van der Waals surface area contributed by atoms with E-state index in [0.717, 1.165) is 92.8 Å². The molecule has 5 saturated heterocycles. The molecule has 4 atom stereocenters. The van der Waals surface area contributed by atoms with E-state index in [2.05, 4.69) is 193 Å². The molecule has 102 heavy (non-hydrogen) atoms. The van der Waals surface area contributed by atoms with Gasteiger partial charge in [0.2, 0.25) is 0 Å². The molecule has 10 heterocycles. The minimum absolute atomic E-state index is 0. The predicted octanol–water partition coefficient (Wildman–Crippen LogP) is 20.9. The fraction of sp³-hybridized carbons (Fsp3) is 0.390. The number of para-hydroxylation sites is 4. The Bertz CT molecular complexity index is 4070. The van der Waals surface area contributed by atoms with Gasteiger partial charge in [-0.25, -0.2) is 0 Å². The second-order valence-corrected chi connectivity index (χ2v) is 64.3. The molecule has 14 rings (SSSR count). The van der Waals surface area contributed by atoms with Crippen LogP contribution in [0.5, 0.6) is 0 Å². The van der Waals surface area contributed by atoms with Crippen molar-refractivity contribution in [2.24, 2.45) is 0 Å². The number of hydrogen-bond acceptors (Lipinski definition) is 13. The molecule has 5 aromatic heterocycles. The largest absolute Gasteiger partial charge is 0 e. The number of rotatable bonds is 7. The van der Waals surface area contributed by atoms with E-state index in [4.69, 9.17) is 61.3 Å². The number of hydrogen-bond donors (Lipinski definition) is 4. The van der Waals surface area contributed by atoms with Crippen LogP contribution in [0.4, 0.5) is 17.1 Å². The summed E-state index contributed by atoms with van der Waals surface area (Å²) in [6.07, 6.45) is 17.7. The van der Waals surface area contributed by atoms with Crippen molar-refractivity contribution in [1.29, 1.82) is 0 Å². The summed E-state index contributed by atoms with van der Waals surface area (Å²) < 4.78 is 13.0. The Hall–Kier alpha value is -1.95. The van der Waals surface area contributed by atoms with E-state index in [1.54, 1.807) is 0 Å². The number of H-pyrrole nitrogens is 1. The number of pyridine rings is 4. The van der Waals surface area contributed by atoms with Crippen LogP contribution in [-0.2, 0) is 51.3 Å². The maximum atomic E-state index is 6.59. The van der Waals surface area contributed by atoms with Gasteiger partial charge in [-0.1, -0.05) is 108 Å². The summed E-state index contributed by atoms with van der Waals surface area (Å²) in [4.78, 5) is 30.8. The van der Waals surface area contributed by atoms with E-state index in [0.29, 0.717) is 39.9 Å². The Labute approximate surface area is 699 Å². The third-order valence-electron chi connectivity index (χ3n) is 19.8. The quantitative estimate of drug-likeness (QED) is 0.0514. The van der Waals surface area contributed by atoms with Crippen LogP contribution < -0.4 is 22.7 Å². The van der Waals surface area contributed by atoms with Crippen LogP contribution in [0.3, 0.4) is 0 Å². The maximum absolute atomic E-state index is 6.59. The first kappa shape index (κ1) is 92.4. The number of nitrogens with zero attached hydrogens (tertiary/aromatic N) is 8. The first-order valence-electron chi connectivity index (χ1n) is 33.1. The minimum atomic E-state index is -0.369. The van der Waals surface area contributed by atoms with Crippen LogP contribution in [0.15, 0.2) is 122 Å². The number of benzene rings is 4. The predicted molar refractivity (Wildman–Crippen MR) is 459 cm³/mol. The molecule has 4 aromatic carbocycles. The zero-order chi connectivity index (χ0) is 70.2. The molecule has 0 saturated carbocycles. The SMILES string of the molecule is CC1(C)OB(c2ccccc2N)OC1(C)C.Cc1ncc([C@@H]2CCCN2C)c(-c2ccccc2N)c1Cl.Cc1ncc([C@@H]2CCCN2C)c(-c2ccccc2N)c1Cl.Cc1ncc([C@@H]2CCCN2C)c(I)c1Cl.Cc1ncc([C@@H]2CCCN2C)c2c1[nH]c1ccccc12.[CH3-].[CH3-].[CH3-].[I][V]([I])[I].[V].[V]. The summed E-state index contributed by atoms with van der Waals surface area (Å²) in [5, 5.41) is 4.93. The molecule has 0 unspecified atom stereocenters. The van der Waals surface area contributed by atoms with Gasteiger partial charge in [0.05, 0.1) is 54.6 Å². The van der Waals surface area contributed by atoms with Gasteiger partial charge in [0.25, 0.3) is 0 Å². The van der Waals surface area contributed by atoms with E-state index in [9.17, 15) is 0 Å². The molecular weight excluding hydrogens is 1900 g/mol. The maximum Gasteiger partial charge on any atom is 0 e. The number of likely N-dealkylation sites (tertiary alicyclic amines) is 4. The van der Waals surface area contributed by atoms with Crippen LogP contribution >= 0.6 is 117 Å². The fourth-order valence-electron chi connectivity index (χ4n) is 13.7. The van der Waals surface area contributed by atoms with E-state index < -0.39 is 0 Å². The van der Waals surface area contributed by atoms with Crippen molar-refractivity contribution in [3.8, 4) is 22.3 Å². The standard InChI is InChI=1S/2C17H20ClN3.C17H19N3.C12H18BNO2.C11H14ClIN2.3CH3.3HI.3V/c2*1-11-17(18)16(12-6-3-4-7-14(12)19)13(10-20-11)15-8-5-9-21(15)2;1-11-17-16(12-6-3-4-7-14(12)19-17)13(10-18-11)15-8-5-9-20(15)2;1-11(2)12(3,4)16-13(15-11)9-7-5-6-8-10(9)14;1-7-10(12)11(13)8(6-14-7)9-4-3-5-15(9)2;;;;;;;;;/h2*3-4,6-7,10,15H,5,8-9,19H2,1-2H3;3-4,6-7,10,15,19H,5,8-9H2,1-2H3;5-8H,14H2,1-4H3;6,9H,3-5H2,1-2H3;3*1H3;3*1H;;;/q;;;;;3*-1;;;;;;+3/p-3/t3*15-;;9-;;;;;;;;;/m000.0........./s1. The number of nitrogens with one attached hydrogen (secondary N) is 1. The average Bonchev–Trinajstić information content (AvgIpc) is 1.45. The van der Waals surface area contributed by atoms with Crippen LogP contribution in [-0.4, -0.2) is 117 Å². The summed E-state index contributed by atoms with van der Waals surface area (Å²) >= 11 is 29.1. The number of nitrogen functional groups attached to an aromatic ring is 3. The first-order valence-corrected chi connectivity index (χ1v) is 48.8. The molecule has 550 valence electrons. The normalized spacial score (nSPS) is 19.0. The van der Waals surface area contributed by atoms with Crippen LogP contribution in [0.1, 0.15) is 148 Å². The van der Waals surface area contributed by atoms with Crippen molar-refractivity contribution in [2.75, 3.05) is 71.6 Å². The molecule has 5 aliphatic heterocycles. The number of fused-ring (bicyclic) bond motifs is 3. The molecule has 5 aliphatic rings. The zero-order valence-electron chi connectivity index (χ0n) is 61.5. The molecule has 0 spiro atoms. The molecule has 0 amide bonds. The summed E-state index contributed by atoms with van der Waals surface area (Å²) in [6, 6.07) is 33.8. The number of anilines is 3. The average molecular weight is 2000 g/mol. The van der Waals surface area contributed by atoms with Gasteiger partial charge in [0, 0.05) is 156 Å². The van der Waals surface area contributed by atoms with Gasteiger partial charge in [-0.05, 0) is 225 Å². The molecular formula is C77H100BCl3I4N12O2V3-3. The fourth-order valence-corrected chi connectivity index (χ4v) is 15.2. The van der Waals surface area contributed by atoms with Gasteiger partial charge in [-0.2, -0.15) is 0 Å². The molecule has 2 radical (unpaired) electrons. The van der Waals surface area contributed by atoms with Crippen LogP contribution in [0.2, 0.25) is 15.1 Å². The van der Waals surface area contributed by atoms with E-state index in [1.165, 1.54) is 99.2 Å². The van der Waals surface area contributed by atoms with Crippen molar-refractivity contribution in [2.45, 2.75) is 142 Å². The van der Waals surface area contributed by atoms with Gasteiger partial charge in [0.15, 0.2) is 0 Å². The summed E-state index contributed by atoms with van der Waals surface area (Å²) in [5.41, 5.74) is 36.0. The number of nitrogens with two attached hydrogens (primary N) is 3. The second kappa shape index (κ2) is 41.7. The van der Waals surface area contributed by atoms with E-state index >= 15 is 0 Å². The van der Waals surface area contributed by atoms with E-state index in [1.807, 2.05) is 140 Å². The Balaban J connectivity index is 0.000000265. The minimum Gasteiger partial charge on any atom is 0 e. The number of aryl methyl sites for hydroxylation is 4. The van der Waals surface area contributed by atoms with Gasteiger partial charge in [0.1, 0.15) is 0 Å². The van der Waals surface area contributed by atoms with Crippen LogP contribution in [0, 0.1) is 53.5 Å². The van der Waals surface area contributed by atoms with Crippen molar-refractivity contribution < 1.29 is 51.3 Å². The van der Waals surface area contributed by atoms with Gasteiger partial charge in [-0.3, -0.25) is 39.5 Å². The van der Waals surface area contributed by atoms with Crippen molar-refractivity contribution in [3.63, 3.8) is 0 Å². The zero-order valence-corrected chi connectivity index (χ0v) is 76.6. The van der Waals surface area contributed by atoms with Gasteiger partial charge < -0.3 is 53.8 Å². The van der Waals surface area contributed by atoms with Crippen molar-refractivity contribution in [3.05, 3.63) is 208 Å². The Morgan fingerprint density at radius 3 is 1.23 bits per heavy atom. The number of halogens is 7. The third-order valence-corrected chi connectivity index (χ3v) is 22.7. The molecule has 5 fully saturated rings. The molecule has 0 aliphatic carbocycles. The van der Waals surface area contributed by atoms with Crippen molar-refractivity contribution >= 4 is 169 Å².